The minimum Gasteiger partial charge on any atom is -0.339 e. The van der Waals surface area contributed by atoms with Crippen LogP contribution in [0, 0.1) is 11.8 Å². The monoisotopic (exact) mass is 223 g/mol. The van der Waals surface area contributed by atoms with Crippen molar-refractivity contribution in [1.82, 2.24) is 15.5 Å². The van der Waals surface area contributed by atoms with Crippen LogP contribution < -0.4 is 5.32 Å². The van der Waals surface area contributed by atoms with Crippen LogP contribution in [0.25, 0.3) is 0 Å². The first kappa shape index (κ1) is 11.6. The number of nitrogens with zero attached hydrogens (tertiary/aromatic N) is 2. The van der Waals surface area contributed by atoms with Gasteiger partial charge in [0.2, 0.25) is 5.89 Å². The lowest BCUT2D eigenvalue weighted by molar-refractivity contribution is 0.336. The van der Waals surface area contributed by atoms with Gasteiger partial charge in [-0.05, 0) is 24.8 Å². The van der Waals surface area contributed by atoms with E-state index in [4.69, 9.17) is 4.52 Å². The van der Waals surface area contributed by atoms with Crippen LogP contribution in [0.15, 0.2) is 4.52 Å². The largest absolute Gasteiger partial charge is 0.339 e. The van der Waals surface area contributed by atoms with Crippen LogP contribution in [-0.2, 0) is 6.42 Å². The number of hydrogen-bond acceptors (Lipinski definition) is 4. The molecule has 2 unspecified atom stereocenters. The third-order valence-corrected chi connectivity index (χ3v) is 3.26. The summed E-state index contributed by atoms with van der Waals surface area (Å²) in [4.78, 5) is 4.50. The molecule has 0 radical (unpaired) electrons. The third-order valence-electron chi connectivity index (χ3n) is 3.26. The molecule has 2 rings (SSSR count). The molecule has 16 heavy (non-hydrogen) atoms. The van der Waals surface area contributed by atoms with Gasteiger partial charge in [-0.15, -0.1) is 0 Å². The zero-order valence-electron chi connectivity index (χ0n) is 10.4. The predicted molar refractivity (Wildman–Crippen MR) is 62.2 cm³/mol. The summed E-state index contributed by atoms with van der Waals surface area (Å²) in [5.41, 5.74) is 0. The lowest BCUT2D eigenvalue weighted by Crippen LogP contribution is -2.08. The van der Waals surface area contributed by atoms with Crippen LogP contribution in [0.3, 0.4) is 0 Å². The molecule has 1 fully saturated rings. The second-order valence-corrected chi connectivity index (χ2v) is 5.22. The van der Waals surface area contributed by atoms with E-state index in [1.165, 1.54) is 0 Å². The van der Waals surface area contributed by atoms with Crippen molar-refractivity contribution in [1.29, 1.82) is 0 Å². The SMILES string of the molecule is CC(C)CCc1noc(C2CNCC2C)n1. The Morgan fingerprint density at radius 2 is 2.25 bits per heavy atom. The van der Waals surface area contributed by atoms with E-state index < -0.39 is 0 Å². The van der Waals surface area contributed by atoms with E-state index >= 15 is 0 Å². The maximum atomic E-state index is 5.35. The minimum absolute atomic E-state index is 0.403. The lowest BCUT2D eigenvalue weighted by atomic mass is 9.98. The van der Waals surface area contributed by atoms with Gasteiger partial charge in [0, 0.05) is 13.0 Å². The fourth-order valence-electron chi connectivity index (χ4n) is 2.08. The number of aryl methyl sites for hydroxylation is 1. The summed E-state index contributed by atoms with van der Waals surface area (Å²) in [6.07, 6.45) is 2.05. The molecule has 1 aliphatic heterocycles. The second-order valence-electron chi connectivity index (χ2n) is 5.22. The van der Waals surface area contributed by atoms with E-state index in [0.717, 1.165) is 37.6 Å². The number of rotatable bonds is 4. The van der Waals surface area contributed by atoms with E-state index in [-0.39, 0.29) is 0 Å². The molecule has 2 heterocycles. The average Bonchev–Trinajstić information content (AvgIpc) is 2.83. The Hall–Kier alpha value is -0.900. The van der Waals surface area contributed by atoms with Crippen LogP contribution >= 0.6 is 0 Å². The summed E-state index contributed by atoms with van der Waals surface area (Å²) in [5.74, 6) is 3.37. The molecule has 1 N–H and O–H groups in total. The molecule has 0 saturated carbocycles. The van der Waals surface area contributed by atoms with Crippen molar-refractivity contribution in [3.63, 3.8) is 0 Å². The Balaban J connectivity index is 1.96. The van der Waals surface area contributed by atoms with Gasteiger partial charge in [0.15, 0.2) is 5.82 Å². The van der Waals surface area contributed by atoms with Crippen molar-refractivity contribution < 1.29 is 4.52 Å². The molecular formula is C12H21N3O. The maximum absolute atomic E-state index is 5.35. The molecule has 1 saturated heterocycles. The van der Waals surface area contributed by atoms with E-state index in [0.29, 0.717) is 17.8 Å². The van der Waals surface area contributed by atoms with Gasteiger partial charge in [-0.25, -0.2) is 0 Å². The average molecular weight is 223 g/mol. The fourth-order valence-corrected chi connectivity index (χ4v) is 2.08. The van der Waals surface area contributed by atoms with Crippen LogP contribution in [0.4, 0.5) is 0 Å². The molecule has 90 valence electrons. The van der Waals surface area contributed by atoms with E-state index in [1.54, 1.807) is 0 Å². The molecular weight excluding hydrogens is 202 g/mol. The second kappa shape index (κ2) is 4.95. The van der Waals surface area contributed by atoms with Crippen molar-refractivity contribution in [3.05, 3.63) is 11.7 Å². The van der Waals surface area contributed by atoms with Crippen molar-refractivity contribution in [2.45, 2.75) is 39.5 Å². The summed E-state index contributed by atoms with van der Waals surface area (Å²) in [6.45, 7) is 8.66. The summed E-state index contributed by atoms with van der Waals surface area (Å²) in [5, 5.41) is 7.41. The fraction of sp³-hybridized carbons (Fsp3) is 0.833. The lowest BCUT2D eigenvalue weighted by Gasteiger charge is -2.07. The highest BCUT2D eigenvalue weighted by Crippen LogP contribution is 2.26. The topological polar surface area (TPSA) is 51.0 Å². The first-order chi connectivity index (χ1) is 7.66. The third kappa shape index (κ3) is 2.61. The van der Waals surface area contributed by atoms with Gasteiger partial charge in [0.1, 0.15) is 0 Å². The van der Waals surface area contributed by atoms with Crippen molar-refractivity contribution in [2.24, 2.45) is 11.8 Å². The van der Waals surface area contributed by atoms with E-state index in [2.05, 4.69) is 36.2 Å². The molecule has 4 nitrogen and oxygen atoms in total. The normalized spacial score (nSPS) is 25.5. The highest BCUT2D eigenvalue weighted by atomic mass is 16.5. The molecule has 1 aromatic rings. The molecule has 4 heteroatoms. The van der Waals surface area contributed by atoms with Crippen molar-refractivity contribution in [2.75, 3.05) is 13.1 Å². The van der Waals surface area contributed by atoms with Gasteiger partial charge in [0.05, 0.1) is 5.92 Å². The molecule has 2 atom stereocenters. The first-order valence-corrected chi connectivity index (χ1v) is 6.20. The Morgan fingerprint density at radius 1 is 1.44 bits per heavy atom. The van der Waals surface area contributed by atoms with Crippen LogP contribution in [-0.4, -0.2) is 23.2 Å². The summed E-state index contributed by atoms with van der Waals surface area (Å²) in [7, 11) is 0. The molecule has 0 aliphatic carbocycles. The summed E-state index contributed by atoms with van der Waals surface area (Å²) in [6, 6.07) is 0. The van der Waals surface area contributed by atoms with Crippen molar-refractivity contribution in [3.8, 4) is 0 Å². The Kier molecular flexibility index (Phi) is 3.59. The highest BCUT2D eigenvalue weighted by molar-refractivity contribution is 5.01. The predicted octanol–water partition coefficient (Wildman–Crippen LogP) is 1.98. The Morgan fingerprint density at radius 3 is 2.88 bits per heavy atom. The molecule has 0 amide bonds. The summed E-state index contributed by atoms with van der Waals surface area (Å²) < 4.78 is 5.35. The van der Waals surface area contributed by atoms with Crippen LogP contribution in [0.1, 0.15) is 44.8 Å². The van der Waals surface area contributed by atoms with Gasteiger partial charge in [-0.2, -0.15) is 4.98 Å². The Bertz CT molecular complexity index is 335. The number of aromatic nitrogens is 2. The number of nitrogens with one attached hydrogen (secondary N) is 1. The van der Waals surface area contributed by atoms with E-state index in [9.17, 15) is 0 Å². The van der Waals surface area contributed by atoms with Gasteiger partial charge >= 0.3 is 0 Å². The van der Waals surface area contributed by atoms with E-state index in [1.807, 2.05) is 0 Å². The Labute approximate surface area is 96.8 Å². The quantitative estimate of drug-likeness (QED) is 0.848. The van der Waals surface area contributed by atoms with Gasteiger partial charge < -0.3 is 9.84 Å². The summed E-state index contributed by atoms with van der Waals surface area (Å²) >= 11 is 0. The zero-order chi connectivity index (χ0) is 11.5. The highest BCUT2D eigenvalue weighted by Gasteiger charge is 2.29. The maximum Gasteiger partial charge on any atom is 0.231 e. The van der Waals surface area contributed by atoms with Gasteiger partial charge in [0.25, 0.3) is 0 Å². The van der Waals surface area contributed by atoms with Gasteiger partial charge in [-0.1, -0.05) is 25.9 Å². The molecule has 1 aliphatic rings. The number of hydrogen-bond donors (Lipinski definition) is 1. The van der Waals surface area contributed by atoms with Crippen LogP contribution in [0.2, 0.25) is 0 Å². The van der Waals surface area contributed by atoms with Gasteiger partial charge in [-0.3, -0.25) is 0 Å². The molecule has 0 aromatic carbocycles. The van der Waals surface area contributed by atoms with Crippen molar-refractivity contribution >= 4 is 0 Å². The first-order valence-electron chi connectivity index (χ1n) is 6.20. The smallest absolute Gasteiger partial charge is 0.231 e. The molecule has 1 aromatic heterocycles. The minimum atomic E-state index is 0.403. The van der Waals surface area contributed by atoms with Crippen LogP contribution in [0.5, 0.6) is 0 Å². The molecule has 0 bridgehead atoms. The standard InChI is InChI=1S/C12H21N3O/c1-8(2)4-5-11-14-12(16-15-11)10-7-13-6-9(10)3/h8-10,13H,4-7H2,1-3H3. The zero-order valence-corrected chi connectivity index (χ0v) is 10.4. The molecule has 0 spiro atoms.